The predicted molar refractivity (Wildman–Crippen MR) is 90.9 cm³/mol. The monoisotopic (exact) mass is 319 g/mol. The van der Waals surface area contributed by atoms with Crippen molar-refractivity contribution in [3.63, 3.8) is 0 Å². The van der Waals surface area contributed by atoms with E-state index in [-0.39, 0.29) is 17.9 Å². The number of aliphatic hydroxyl groups excluding tert-OH is 1. The van der Waals surface area contributed by atoms with Gasteiger partial charge in [0.1, 0.15) is 0 Å². The number of amides is 1. The Bertz CT molecular complexity index is 520. The maximum Gasteiger partial charge on any atom is 0.222 e. The van der Waals surface area contributed by atoms with Gasteiger partial charge in [-0.15, -0.1) is 0 Å². The van der Waals surface area contributed by atoms with E-state index < -0.39 is 0 Å². The highest BCUT2D eigenvalue weighted by molar-refractivity contribution is 5.76. The number of nitrogens with zero attached hydrogens (tertiary/aromatic N) is 2. The van der Waals surface area contributed by atoms with E-state index in [1.807, 2.05) is 17.3 Å². The van der Waals surface area contributed by atoms with Crippen LogP contribution in [0.3, 0.4) is 0 Å². The molecular weight excluding hydrogens is 290 g/mol. The molecule has 1 aliphatic heterocycles. The van der Waals surface area contributed by atoms with Gasteiger partial charge in [0.25, 0.3) is 0 Å². The van der Waals surface area contributed by atoms with Crippen LogP contribution in [0, 0.1) is 5.41 Å². The molecule has 5 heteroatoms. The number of hydrogen-bond donors (Lipinski definition) is 2. The van der Waals surface area contributed by atoms with Crippen LogP contribution < -0.4 is 0 Å². The third-order valence-electron chi connectivity index (χ3n) is 4.70. The van der Waals surface area contributed by atoms with Crippen molar-refractivity contribution in [2.45, 2.75) is 52.4 Å². The van der Waals surface area contributed by atoms with E-state index in [1.54, 1.807) is 0 Å². The zero-order valence-corrected chi connectivity index (χ0v) is 14.3. The Labute approximate surface area is 138 Å². The summed E-state index contributed by atoms with van der Waals surface area (Å²) in [5, 5.41) is 16.6. The second kappa shape index (κ2) is 8.29. The van der Waals surface area contributed by atoms with Crippen LogP contribution in [-0.4, -0.2) is 45.8 Å². The number of piperidine rings is 1. The normalized spacial score (nSPS) is 21.3. The van der Waals surface area contributed by atoms with E-state index in [9.17, 15) is 9.90 Å². The van der Waals surface area contributed by atoms with Crippen LogP contribution in [0.5, 0.6) is 0 Å². The van der Waals surface area contributed by atoms with Gasteiger partial charge >= 0.3 is 0 Å². The van der Waals surface area contributed by atoms with Gasteiger partial charge in [-0.1, -0.05) is 11.6 Å². The standard InChI is InChI=1S/C18H29N3O2/c1-15(2)7-9-18(14-22)8-4-10-21(13-18)17(23)6-3-5-16-11-19-20-12-16/h7,11-12,22H,3-6,8-10,13-14H2,1-2H3,(H,19,20)/t18-/m0/s1. The Kier molecular flexibility index (Phi) is 6.39. The van der Waals surface area contributed by atoms with Gasteiger partial charge in [0.05, 0.1) is 12.8 Å². The smallest absolute Gasteiger partial charge is 0.222 e. The fraction of sp³-hybridized carbons (Fsp3) is 0.667. The molecule has 0 radical (unpaired) electrons. The van der Waals surface area contributed by atoms with Gasteiger partial charge in [-0.3, -0.25) is 9.89 Å². The zero-order valence-electron chi connectivity index (χ0n) is 14.3. The first-order chi connectivity index (χ1) is 11.0. The molecule has 0 spiro atoms. The van der Waals surface area contributed by atoms with Crippen molar-refractivity contribution in [1.29, 1.82) is 0 Å². The number of likely N-dealkylation sites (tertiary alicyclic amines) is 1. The Morgan fingerprint density at radius 1 is 1.52 bits per heavy atom. The molecule has 1 atom stereocenters. The van der Waals surface area contributed by atoms with Crippen molar-refractivity contribution in [2.24, 2.45) is 5.41 Å². The predicted octanol–water partition coefficient (Wildman–Crippen LogP) is 2.69. The number of carbonyl (C=O) groups is 1. The summed E-state index contributed by atoms with van der Waals surface area (Å²) in [6, 6.07) is 0. The molecule has 2 heterocycles. The average Bonchev–Trinajstić information content (AvgIpc) is 3.06. The number of rotatable bonds is 7. The van der Waals surface area contributed by atoms with Gasteiger partial charge in [0.2, 0.25) is 5.91 Å². The highest BCUT2D eigenvalue weighted by atomic mass is 16.3. The number of aromatic amines is 1. The number of H-pyrrole nitrogens is 1. The van der Waals surface area contributed by atoms with Crippen LogP contribution >= 0.6 is 0 Å². The Hall–Kier alpha value is -1.62. The molecule has 0 aliphatic carbocycles. The fourth-order valence-corrected chi connectivity index (χ4v) is 3.22. The van der Waals surface area contributed by atoms with Gasteiger partial charge < -0.3 is 10.0 Å². The van der Waals surface area contributed by atoms with Crippen LogP contribution in [0.2, 0.25) is 0 Å². The summed E-state index contributed by atoms with van der Waals surface area (Å²) >= 11 is 0. The maximum absolute atomic E-state index is 12.5. The molecule has 2 N–H and O–H groups in total. The summed E-state index contributed by atoms with van der Waals surface area (Å²) in [4.78, 5) is 14.4. The molecule has 23 heavy (non-hydrogen) atoms. The molecular formula is C18H29N3O2. The van der Waals surface area contributed by atoms with Crippen molar-refractivity contribution in [1.82, 2.24) is 15.1 Å². The molecule has 1 fully saturated rings. The van der Waals surface area contributed by atoms with E-state index in [4.69, 9.17) is 0 Å². The van der Waals surface area contributed by atoms with Gasteiger partial charge in [-0.05, 0) is 51.5 Å². The number of allylic oxidation sites excluding steroid dienone is 2. The number of hydrogen-bond acceptors (Lipinski definition) is 3. The van der Waals surface area contributed by atoms with E-state index in [1.165, 1.54) is 5.57 Å². The third-order valence-corrected chi connectivity index (χ3v) is 4.70. The second-order valence-corrected chi connectivity index (χ2v) is 7.02. The van der Waals surface area contributed by atoms with Crippen molar-refractivity contribution in [3.8, 4) is 0 Å². The molecule has 1 amide bonds. The van der Waals surface area contributed by atoms with Crippen molar-refractivity contribution in [3.05, 3.63) is 29.6 Å². The average molecular weight is 319 g/mol. The first-order valence-electron chi connectivity index (χ1n) is 8.54. The quantitative estimate of drug-likeness (QED) is 0.759. The van der Waals surface area contributed by atoms with Crippen LogP contribution in [0.15, 0.2) is 24.0 Å². The van der Waals surface area contributed by atoms with Gasteiger partial charge in [0, 0.05) is 31.1 Å². The summed E-state index contributed by atoms with van der Waals surface area (Å²) in [5.41, 5.74) is 2.25. The number of carbonyl (C=O) groups excluding carboxylic acids is 1. The summed E-state index contributed by atoms with van der Waals surface area (Å²) in [7, 11) is 0. The molecule has 1 aliphatic rings. The van der Waals surface area contributed by atoms with Crippen LogP contribution in [0.1, 0.15) is 51.5 Å². The minimum absolute atomic E-state index is 0.148. The van der Waals surface area contributed by atoms with Crippen LogP contribution in [-0.2, 0) is 11.2 Å². The number of aromatic nitrogens is 2. The molecule has 0 unspecified atom stereocenters. The number of aliphatic hydroxyl groups is 1. The highest BCUT2D eigenvalue weighted by Crippen LogP contribution is 2.34. The van der Waals surface area contributed by atoms with Gasteiger partial charge in [-0.2, -0.15) is 5.10 Å². The van der Waals surface area contributed by atoms with Crippen molar-refractivity contribution in [2.75, 3.05) is 19.7 Å². The van der Waals surface area contributed by atoms with E-state index in [0.29, 0.717) is 13.0 Å². The molecule has 0 bridgehead atoms. The Morgan fingerprint density at radius 3 is 3.00 bits per heavy atom. The maximum atomic E-state index is 12.5. The summed E-state index contributed by atoms with van der Waals surface area (Å²) in [6.45, 7) is 5.80. The molecule has 0 saturated carbocycles. The first-order valence-corrected chi connectivity index (χ1v) is 8.54. The lowest BCUT2D eigenvalue weighted by atomic mass is 9.77. The third kappa shape index (κ3) is 5.20. The second-order valence-electron chi connectivity index (χ2n) is 7.02. The van der Waals surface area contributed by atoms with Crippen LogP contribution in [0.4, 0.5) is 0 Å². The molecule has 2 rings (SSSR count). The largest absolute Gasteiger partial charge is 0.396 e. The molecule has 5 nitrogen and oxygen atoms in total. The van der Waals surface area contributed by atoms with Crippen molar-refractivity contribution < 1.29 is 9.90 Å². The van der Waals surface area contributed by atoms with Gasteiger partial charge in [0.15, 0.2) is 0 Å². The van der Waals surface area contributed by atoms with E-state index >= 15 is 0 Å². The first kappa shape index (κ1) is 17.7. The summed E-state index contributed by atoms with van der Waals surface area (Å²) < 4.78 is 0. The lowest BCUT2D eigenvalue weighted by molar-refractivity contribution is -0.135. The van der Waals surface area contributed by atoms with Crippen LogP contribution in [0.25, 0.3) is 0 Å². The SMILES string of the molecule is CC(C)=CC[C@@]1(CO)CCCN(C(=O)CCCc2cn[nH]c2)C1. The summed E-state index contributed by atoms with van der Waals surface area (Å²) in [5.74, 6) is 0.211. The molecule has 0 aromatic carbocycles. The van der Waals surface area contributed by atoms with E-state index in [0.717, 1.165) is 44.2 Å². The summed E-state index contributed by atoms with van der Waals surface area (Å²) in [6.07, 6.45) is 11.0. The molecule has 1 saturated heterocycles. The fourth-order valence-electron chi connectivity index (χ4n) is 3.22. The number of aryl methyl sites for hydroxylation is 1. The zero-order chi connectivity index (χ0) is 16.7. The topological polar surface area (TPSA) is 69.2 Å². The molecule has 1 aromatic heterocycles. The van der Waals surface area contributed by atoms with Crippen molar-refractivity contribution >= 4 is 5.91 Å². The minimum Gasteiger partial charge on any atom is -0.396 e. The Morgan fingerprint density at radius 2 is 2.35 bits per heavy atom. The molecule has 1 aromatic rings. The number of nitrogens with one attached hydrogen (secondary N) is 1. The highest BCUT2D eigenvalue weighted by Gasteiger charge is 2.35. The van der Waals surface area contributed by atoms with Gasteiger partial charge in [-0.25, -0.2) is 0 Å². The van der Waals surface area contributed by atoms with E-state index in [2.05, 4.69) is 30.1 Å². The lowest BCUT2D eigenvalue weighted by Gasteiger charge is -2.41. The minimum atomic E-state index is -0.157. The lowest BCUT2D eigenvalue weighted by Crippen LogP contribution is -2.47. The molecule has 128 valence electrons. The Balaban J connectivity index is 1.86.